The van der Waals surface area contributed by atoms with Crippen LogP contribution in [0.4, 0.5) is 11.6 Å². The Hall–Kier alpha value is -2.28. The van der Waals surface area contributed by atoms with Crippen LogP contribution in [0, 0.1) is 6.92 Å². The van der Waals surface area contributed by atoms with Gasteiger partial charge in [0.1, 0.15) is 17.8 Å². The molecular formula is C13H13N5OS. The van der Waals surface area contributed by atoms with E-state index in [0.717, 1.165) is 32.6 Å². The van der Waals surface area contributed by atoms with Gasteiger partial charge in [-0.15, -0.1) is 31.8 Å². The van der Waals surface area contributed by atoms with Crippen molar-refractivity contribution in [3.05, 3.63) is 28.9 Å². The molecule has 2 aromatic heterocycles. The number of phenols is 1. The van der Waals surface area contributed by atoms with Crippen molar-refractivity contribution in [3.63, 3.8) is 0 Å². The van der Waals surface area contributed by atoms with Gasteiger partial charge >= 0.3 is 0 Å². The quantitative estimate of drug-likeness (QED) is 0.713. The number of phenolic OH excluding ortho intramolecular Hbond substituents is 1. The van der Waals surface area contributed by atoms with Gasteiger partial charge in [-0.3, -0.25) is 0 Å². The minimum Gasteiger partial charge on any atom is -0.507 e. The molecule has 0 aliphatic heterocycles. The van der Waals surface area contributed by atoms with E-state index in [9.17, 15) is 5.11 Å². The molecule has 0 amide bonds. The van der Waals surface area contributed by atoms with E-state index in [4.69, 9.17) is 0 Å². The lowest BCUT2D eigenvalue weighted by Crippen LogP contribution is -1.82. The predicted molar refractivity (Wildman–Crippen MR) is 78.2 cm³/mol. The fourth-order valence-electron chi connectivity index (χ4n) is 2.06. The van der Waals surface area contributed by atoms with Crippen LogP contribution in [0.15, 0.2) is 28.7 Å². The highest BCUT2D eigenvalue weighted by Crippen LogP contribution is 2.42. The Morgan fingerprint density at radius 2 is 2.20 bits per heavy atom. The van der Waals surface area contributed by atoms with E-state index in [0.29, 0.717) is 11.7 Å². The molecule has 1 aromatic carbocycles. The SMILES string of the molecule is CCc1cc(O)c2cc(C)sc2c1/N=N/c1nnc[nH]1. The average Bonchev–Trinajstić information content (AvgIpc) is 3.06. The van der Waals surface area contributed by atoms with Crippen LogP contribution < -0.4 is 0 Å². The van der Waals surface area contributed by atoms with Crippen LogP contribution in [0.2, 0.25) is 0 Å². The number of aromatic amines is 1. The molecule has 6 nitrogen and oxygen atoms in total. The number of rotatable bonds is 3. The van der Waals surface area contributed by atoms with Crippen molar-refractivity contribution in [1.29, 1.82) is 0 Å². The van der Waals surface area contributed by atoms with Crippen molar-refractivity contribution in [1.82, 2.24) is 15.2 Å². The zero-order valence-corrected chi connectivity index (χ0v) is 11.9. The second-order valence-corrected chi connectivity index (χ2v) is 5.63. The number of aromatic hydroxyl groups is 1. The first kappa shape index (κ1) is 12.7. The Balaban J connectivity index is 2.19. The van der Waals surface area contributed by atoms with Crippen molar-refractivity contribution in [2.75, 3.05) is 0 Å². The summed E-state index contributed by atoms with van der Waals surface area (Å²) in [6.45, 7) is 4.03. The number of nitrogens with one attached hydrogen (secondary N) is 1. The number of hydrogen-bond acceptors (Lipinski definition) is 6. The molecule has 0 saturated carbocycles. The third-order valence-electron chi connectivity index (χ3n) is 2.99. The summed E-state index contributed by atoms with van der Waals surface area (Å²) in [4.78, 5) is 3.91. The van der Waals surface area contributed by atoms with E-state index in [1.807, 2.05) is 19.9 Å². The molecule has 102 valence electrons. The molecule has 0 saturated heterocycles. The number of H-pyrrole nitrogens is 1. The van der Waals surface area contributed by atoms with Gasteiger partial charge < -0.3 is 10.1 Å². The Morgan fingerprint density at radius 3 is 2.90 bits per heavy atom. The van der Waals surface area contributed by atoms with Crippen LogP contribution in [-0.2, 0) is 6.42 Å². The minimum atomic E-state index is 0.291. The van der Waals surface area contributed by atoms with E-state index in [2.05, 4.69) is 25.4 Å². The Morgan fingerprint density at radius 1 is 1.35 bits per heavy atom. The molecule has 0 radical (unpaired) electrons. The Labute approximate surface area is 119 Å². The largest absolute Gasteiger partial charge is 0.507 e. The molecule has 0 aliphatic carbocycles. The van der Waals surface area contributed by atoms with Crippen molar-refractivity contribution in [2.45, 2.75) is 20.3 Å². The number of aromatic nitrogens is 3. The van der Waals surface area contributed by atoms with Crippen molar-refractivity contribution in [2.24, 2.45) is 10.2 Å². The summed E-state index contributed by atoms with van der Waals surface area (Å²) in [5.74, 6) is 0.654. The third-order valence-corrected chi connectivity index (χ3v) is 4.05. The second kappa shape index (κ2) is 5.01. The second-order valence-electron chi connectivity index (χ2n) is 4.37. The van der Waals surface area contributed by atoms with Gasteiger partial charge in [-0.1, -0.05) is 6.92 Å². The number of hydrogen-bond donors (Lipinski definition) is 2. The molecule has 3 rings (SSSR count). The van der Waals surface area contributed by atoms with Crippen LogP contribution in [0.25, 0.3) is 10.1 Å². The number of benzene rings is 1. The summed E-state index contributed by atoms with van der Waals surface area (Å²) >= 11 is 1.60. The van der Waals surface area contributed by atoms with E-state index in [-0.39, 0.29) is 0 Å². The van der Waals surface area contributed by atoms with E-state index < -0.39 is 0 Å². The summed E-state index contributed by atoms with van der Waals surface area (Å²) in [7, 11) is 0. The molecule has 0 spiro atoms. The van der Waals surface area contributed by atoms with Crippen LogP contribution in [0.5, 0.6) is 5.75 Å². The van der Waals surface area contributed by atoms with Gasteiger partial charge in [0.15, 0.2) is 0 Å². The maximum Gasteiger partial charge on any atom is 0.267 e. The van der Waals surface area contributed by atoms with Crippen molar-refractivity contribution >= 4 is 33.1 Å². The number of fused-ring (bicyclic) bond motifs is 1. The molecule has 0 unspecified atom stereocenters. The molecule has 0 fully saturated rings. The number of thiophene rings is 1. The zero-order chi connectivity index (χ0) is 14.1. The summed E-state index contributed by atoms with van der Waals surface area (Å²) in [6, 6.07) is 3.71. The molecule has 3 aromatic rings. The standard InChI is InChI=1S/C13H13N5OS/c1-3-8-5-10(19)9-4-7(2)20-12(9)11(8)16-18-13-14-6-15-17-13/h4-6,19H,3H2,1-2H3,(H,14,15,17)/b18-16+. The highest BCUT2D eigenvalue weighted by molar-refractivity contribution is 7.19. The molecule has 20 heavy (non-hydrogen) atoms. The lowest BCUT2D eigenvalue weighted by molar-refractivity contribution is 0.481. The Kier molecular flexibility index (Phi) is 3.19. The lowest BCUT2D eigenvalue weighted by atomic mass is 10.1. The number of azo groups is 1. The smallest absolute Gasteiger partial charge is 0.267 e. The van der Waals surface area contributed by atoms with Crippen LogP contribution >= 0.6 is 11.3 Å². The normalized spacial score (nSPS) is 11.7. The third kappa shape index (κ3) is 2.16. The number of nitrogens with zero attached hydrogens (tertiary/aromatic N) is 4. The van der Waals surface area contributed by atoms with Gasteiger partial charge in [-0.05, 0) is 31.0 Å². The fraction of sp³-hybridized carbons (Fsp3) is 0.231. The molecule has 0 aliphatic rings. The van der Waals surface area contributed by atoms with Crippen molar-refractivity contribution < 1.29 is 5.11 Å². The van der Waals surface area contributed by atoms with Crippen LogP contribution in [-0.4, -0.2) is 20.3 Å². The van der Waals surface area contributed by atoms with Crippen LogP contribution in [0.1, 0.15) is 17.4 Å². The van der Waals surface area contributed by atoms with Gasteiger partial charge in [0.25, 0.3) is 5.95 Å². The Bertz CT molecular complexity index is 776. The molecule has 0 atom stereocenters. The minimum absolute atomic E-state index is 0.291. The van der Waals surface area contributed by atoms with Gasteiger partial charge in [-0.2, -0.15) is 0 Å². The average molecular weight is 287 g/mol. The lowest BCUT2D eigenvalue weighted by Gasteiger charge is -2.05. The summed E-state index contributed by atoms with van der Waals surface area (Å²) in [5, 5.41) is 26.7. The highest BCUT2D eigenvalue weighted by Gasteiger charge is 2.13. The monoisotopic (exact) mass is 287 g/mol. The first-order valence-corrected chi connectivity index (χ1v) is 7.03. The van der Waals surface area contributed by atoms with Gasteiger partial charge in [0.2, 0.25) is 0 Å². The summed E-state index contributed by atoms with van der Waals surface area (Å²) < 4.78 is 0.947. The van der Waals surface area contributed by atoms with Gasteiger partial charge in [0, 0.05) is 10.3 Å². The molecule has 2 heterocycles. The zero-order valence-electron chi connectivity index (χ0n) is 11.1. The molecule has 2 N–H and O–H groups in total. The van der Waals surface area contributed by atoms with Gasteiger partial charge in [-0.25, -0.2) is 0 Å². The number of aryl methyl sites for hydroxylation is 2. The fourth-order valence-corrected chi connectivity index (χ4v) is 3.10. The summed E-state index contributed by atoms with van der Waals surface area (Å²) in [5.41, 5.74) is 1.75. The molecular weight excluding hydrogens is 274 g/mol. The van der Waals surface area contributed by atoms with E-state index in [1.165, 1.54) is 6.33 Å². The maximum atomic E-state index is 10.1. The summed E-state index contributed by atoms with van der Waals surface area (Å²) in [6.07, 6.45) is 2.22. The van der Waals surface area contributed by atoms with Crippen molar-refractivity contribution in [3.8, 4) is 5.75 Å². The molecule has 0 bridgehead atoms. The van der Waals surface area contributed by atoms with Crippen LogP contribution in [0.3, 0.4) is 0 Å². The highest BCUT2D eigenvalue weighted by atomic mass is 32.1. The van der Waals surface area contributed by atoms with Gasteiger partial charge in [0.05, 0.1) is 4.70 Å². The molecule has 7 heteroatoms. The predicted octanol–water partition coefficient (Wildman–Crippen LogP) is 4.01. The first-order valence-electron chi connectivity index (χ1n) is 6.21. The first-order chi connectivity index (χ1) is 9.69. The maximum absolute atomic E-state index is 10.1. The van der Waals surface area contributed by atoms with E-state index in [1.54, 1.807) is 17.4 Å². The van der Waals surface area contributed by atoms with E-state index >= 15 is 0 Å². The topological polar surface area (TPSA) is 86.5 Å².